The Bertz CT molecular complexity index is 643. The second kappa shape index (κ2) is 7.75. The molecular formula is C24H40N2O2. The summed E-state index contributed by atoms with van der Waals surface area (Å²) in [6.45, 7) is 6.65. The van der Waals surface area contributed by atoms with E-state index in [0.29, 0.717) is 12.0 Å². The van der Waals surface area contributed by atoms with Crippen molar-refractivity contribution in [2.24, 2.45) is 33.7 Å². The molecule has 0 heterocycles. The van der Waals surface area contributed by atoms with Crippen molar-refractivity contribution in [1.82, 2.24) is 4.90 Å². The van der Waals surface area contributed by atoms with Crippen LogP contribution < -0.4 is 0 Å². The fraction of sp³-hybridized carbons (Fsp3) is 0.875. The van der Waals surface area contributed by atoms with Gasteiger partial charge in [0.05, 0.1) is 11.8 Å². The monoisotopic (exact) mass is 388 g/mol. The Kier molecular flexibility index (Phi) is 5.65. The predicted octanol–water partition coefficient (Wildman–Crippen LogP) is 4.63. The predicted molar refractivity (Wildman–Crippen MR) is 114 cm³/mol. The Morgan fingerprint density at radius 2 is 1.93 bits per heavy atom. The molecule has 0 bridgehead atoms. The van der Waals surface area contributed by atoms with Crippen LogP contribution in [0.3, 0.4) is 0 Å². The smallest absolute Gasteiger partial charge is 0.118 e. The van der Waals surface area contributed by atoms with Crippen LogP contribution in [0, 0.1) is 28.6 Å². The summed E-state index contributed by atoms with van der Waals surface area (Å²) in [6.07, 6.45) is 12.8. The molecule has 0 spiro atoms. The second-order valence-electron chi connectivity index (χ2n) is 10.7. The van der Waals surface area contributed by atoms with Crippen LogP contribution in [0.2, 0.25) is 0 Å². The Balaban J connectivity index is 1.44. The molecule has 0 aromatic carbocycles. The van der Waals surface area contributed by atoms with Gasteiger partial charge in [0, 0.05) is 6.54 Å². The quantitative estimate of drug-likeness (QED) is 0.551. The van der Waals surface area contributed by atoms with Crippen LogP contribution in [0.5, 0.6) is 0 Å². The lowest BCUT2D eigenvalue weighted by atomic mass is 9.47. The zero-order valence-electron chi connectivity index (χ0n) is 18.4. The summed E-state index contributed by atoms with van der Waals surface area (Å²) in [5.41, 5.74) is 3.29. The first-order chi connectivity index (χ1) is 13.3. The van der Waals surface area contributed by atoms with Gasteiger partial charge in [0.2, 0.25) is 0 Å². The average molecular weight is 389 g/mol. The van der Waals surface area contributed by atoms with E-state index in [4.69, 9.17) is 4.84 Å². The Labute approximate surface area is 171 Å². The van der Waals surface area contributed by atoms with Crippen LogP contribution in [-0.2, 0) is 4.84 Å². The van der Waals surface area contributed by atoms with Crippen LogP contribution in [0.15, 0.2) is 16.8 Å². The van der Waals surface area contributed by atoms with Crippen molar-refractivity contribution < 1.29 is 9.94 Å². The SMILES string of the molecule is CN(C)CCCO/N=C1\C=C2CC[C@H]3[C@@H]4CC[C@H](O)[C@@]4(C)CC[C@@H]3[C@@]2(C)CC1. The van der Waals surface area contributed by atoms with Crippen LogP contribution in [-0.4, -0.2) is 49.1 Å². The van der Waals surface area contributed by atoms with Crippen LogP contribution >= 0.6 is 0 Å². The van der Waals surface area contributed by atoms with Crippen molar-refractivity contribution in [2.45, 2.75) is 77.7 Å². The third-order valence-electron chi connectivity index (χ3n) is 8.95. The fourth-order valence-electron chi connectivity index (χ4n) is 7.19. The van der Waals surface area contributed by atoms with Gasteiger partial charge in [-0.15, -0.1) is 0 Å². The highest BCUT2D eigenvalue weighted by molar-refractivity contribution is 5.96. The summed E-state index contributed by atoms with van der Waals surface area (Å²) in [4.78, 5) is 7.80. The molecule has 0 amide bonds. The highest BCUT2D eigenvalue weighted by atomic mass is 16.6. The van der Waals surface area contributed by atoms with Gasteiger partial charge in [-0.05, 0) is 107 Å². The average Bonchev–Trinajstić information content (AvgIpc) is 2.96. The molecule has 6 atom stereocenters. The van der Waals surface area contributed by atoms with Gasteiger partial charge in [0.25, 0.3) is 0 Å². The Hall–Kier alpha value is -0.870. The lowest BCUT2D eigenvalue weighted by molar-refractivity contribution is -0.0722. The molecule has 4 nitrogen and oxygen atoms in total. The van der Waals surface area contributed by atoms with Crippen molar-refractivity contribution >= 4 is 5.71 Å². The third kappa shape index (κ3) is 3.45. The first-order valence-electron chi connectivity index (χ1n) is 11.6. The maximum absolute atomic E-state index is 10.6. The van der Waals surface area contributed by atoms with E-state index in [-0.39, 0.29) is 11.5 Å². The molecule has 0 aromatic heterocycles. The van der Waals surface area contributed by atoms with E-state index in [1.165, 1.54) is 38.5 Å². The molecule has 3 fully saturated rings. The molecule has 158 valence electrons. The van der Waals surface area contributed by atoms with E-state index in [1.54, 1.807) is 5.57 Å². The van der Waals surface area contributed by atoms with Crippen molar-refractivity contribution in [3.05, 3.63) is 11.6 Å². The standard InChI is InChI=1S/C24H40N2O2/c1-23-12-10-18(25-28-15-5-14-26(3)4)16-17(23)6-7-19-20-8-9-22(27)24(20,2)13-11-21(19)23/h16,19-22,27H,5-15H2,1-4H3/b25-18-/t19-,20-,21-,22-,23-,24-/m0/s1. The maximum Gasteiger partial charge on any atom is 0.118 e. The lowest BCUT2D eigenvalue weighted by Gasteiger charge is -2.57. The minimum Gasteiger partial charge on any atom is -0.396 e. The summed E-state index contributed by atoms with van der Waals surface area (Å²) in [6, 6.07) is 0. The molecule has 28 heavy (non-hydrogen) atoms. The number of aliphatic hydroxyl groups excluding tert-OH is 1. The topological polar surface area (TPSA) is 45.1 Å². The van der Waals surface area contributed by atoms with Gasteiger partial charge in [0.15, 0.2) is 0 Å². The van der Waals surface area contributed by atoms with E-state index in [1.807, 2.05) is 0 Å². The number of rotatable bonds is 5. The van der Waals surface area contributed by atoms with Gasteiger partial charge in [0.1, 0.15) is 6.61 Å². The van der Waals surface area contributed by atoms with Crippen LogP contribution in [0.4, 0.5) is 0 Å². The van der Waals surface area contributed by atoms with Gasteiger partial charge < -0.3 is 14.8 Å². The van der Waals surface area contributed by atoms with E-state index in [9.17, 15) is 5.11 Å². The normalized spacial score (nSPS) is 44.1. The lowest BCUT2D eigenvalue weighted by Crippen LogP contribution is -2.51. The summed E-state index contributed by atoms with van der Waals surface area (Å²) in [5, 5.41) is 15.1. The van der Waals surface area contributed by atoms with E-state index >= 15 is 0 Å². The molecule has 4 heteroatoms. The molecule has 0 aromatic rings. The number of allylic oxidation sites excluding steroid dienone is 2. The first-order valence-corrected chi connectivity index (χ1v) is 11.6. The van der Waals surface area contributed by atoms with Crippen molar-refractivity contribution in [3.8, 4) is 0 Å². The van der Waals surface area contributed by atoms with Crippen LogP contribution in [0.25, 0.3) is 0 Å². The zero-order valence-corrected chi connectivity index (χ0v) is 18.4. The third-order valence-corrected chi connectivity index (χ3v) is 8.95. The molecular weight excluding hydrogens is 348 g/mol. The second-order valence-corrected chi connectivity index (χ2v) is 10.7. The molecule has 4 aliphatic rings. The summed E-state index contributed by atoms with van der Waals surface area (Å²) < 4.78 is 0. The number of nitrogens with zero attached hydrogens (tertiary/aromatic N) is 2. The van der Waals surface area contributed by atoms with Crippen molar-refractivity contribution in [2.75, 3.05) is 27.2 Å². The van der Waals surface area contributed by atoms with E-state index in [0.717, 1.165) is 49.3 Å². The number of fused-ring (bicyclic) bond motifs is 5. The minimum absolute atomic E-state index is 0.0714. The Morgan fingerprint density at radius 3 is 2.71 bits per heavy atom. The summed E-state index contributed by atoms with van der Waals surface area (Å²) in [7, 11) is 4.18. The fourth-order valence-corrected chi connectivity index (χ4v) is 7.19. The van der Waals surface area contributed by atoms with Crippen LogP contribution in [0.1, 0.15) is 71.6 Å². The minimum atomic E-state index is -0.0714. The number of hydrogen-bond acceptors (Lipinski definition) is 4. The Morgan fingerprint density at radius 1 is 1.11 bits per heavy atom. The summed E-state index contributed by atoms with van der Waals surface area (Å²) >= 11 is 0. The van der Waals surface area contributed by atoms with E-state index in [2.05, 4.69) is 44.1 Å². The first kappa shape index (κ1) is 20.4. The molecule has 4 rings (SSSR count). The molecule has 3 saturated carbocycles. The highest BCUT2D eigenvalue weighted by Crippen LogP contribution is 2.65. The molecule has 4 aliphatic carbocycles. The molecule has 0 unspecified atom stereocenters. The van der Waals surface area contributed by atoms with Crippen molar-refractivity contribution in [3.63, 3.8) is 0 Å². The zero-order chi connectivity index (χ0) is 19.9. The van der Waals surface area contributed by atoms with Gasteiger partial charge in [-0.1, -0.05) is 24.6 Å². The van der Waals surface area contributed by atoms with Crippen molar-refractivity contribution in [1.29, 1.82) is 0 Å². The molecule has 0 aliphatic heterocycles. The van der Waals surface area contributed by atoms with Gasteiger partial charge in [-0.3, -0.25) is 0 Å². The van der Waals surface area contributed by atoms with E-state index < -0.39 is 0 Å². The maximum atomic E-state index is 10.6. The molecule has 1 N–H and O–H groups in total. The molecule has 0 saturated heterocycles. The summed E-state index contributed by atoms with van der Waals surface area (Å²) in [5.74, 6) is 2.33. The highest BCUT2D eigenvalue weighted by Gasteiger charge is 2.58. The van der Waals surface area contributed by atoms with Gasteiger partial charge in [-0.25, -0.2) is 0 Å². The number of oxime groups is 1. The largest absolute Gasteiger partial charge is 0.396 e. The van der Waals surface area contributed by atoms with Gasteiger partial charge in [-0.2, -0.15) is 0 Å². The van der Waals surface area contributed by atoms with Gasteiger partial charge >= 0.3 is 0 Å². The number of hydrogen-bond donors (Lipinski definition) is 1. The molecule has 0 radical (unpaired) electrons. The number of aliphatic hydroxyl groups is 1.